The van der Waals surface area contributed by atoms with Crippen molar-refractivity contribution in [2.75, 3.05) is 29.9 Å². The second kappa shape index (κ2) is 8.56. The summed E-state index contributed by atoms with van der Waals surface area (Å²) >= 11 is 0. The fourth-order valence-electron chi connectivity index (χ4n) is 3.88. The lowest BCUT2D eigenvalue weighted by atomic mass is 9.87. The van der Waals surface area contributed by atoms with Gasteiger partial charge in [-0.05, 0) is 68.2 Å². The molecule has 0 bridgehead atoms. The number of carbonyl (C=O) groups excluding carboxylic acids is 1. The van der Waals surface area contributed by atoms with Crippen LogP contribution in [-0.4, -0.2) is 36.9 Å². The molecule has 2 aliphatic rings. The maximum Gasteiger partial charge on any atom is 0.319 e. The lowest BCUT2D eigenvalue weighted by Gasteiger charge is -2.32. The minimum atomic E-state index is -0.200. The molecule has 1 saturated heterocycles. The second-order valence-corrected chi connectivity index (χ2v) is 7.74. The number of nitrogens with one attached hydrogen (secondary N) is 2. The first kappa shape index (κ1) is 18.1. The first-order valence-electron chi connectivity index (χ1n) is 9.68. The van der Waals surface area contributed by atoms with Crippen molar-refractivity contribution in [2.24, 2.45) is 11.8 Å². The third kappa shape index (κ3) is 5.36. The molecule has 2 amide bonds. The third-order valence-corrected chi connectivity index (χ3v) is 5.58. The molecular weight excluding hydrogens is 314 g/mol. The fourth-order valence-corrected chi connectivity index (χ4v) is 3.88. The van der Waals surface area contributed by atoms with Crippen LogP contribution in [-0.2, 0) is 0 Å². The molecule has 2 unspecified atom stereocenters. The number of amides is 2. The van der Waals surface area contributed by atoms with Crippen LogP contribution in [0.5, 0.6) is 0 Å². The number of carbonyl (C=O) groups is 1. The van der Waals surface area contributed by atoms with Gasteiger partial charge >= 0.3 is 6.03 Å². The monoisotopic (exact) mass is 345 g/mol. The standard InChI is InChI=1S/C20H31N3O2/c1-15-9-11-23(12-10-15)18-7-5-17(6-8-18)22-20(25)21-14-16-3-2-4-19(24)13-16/h5-8,15-16,19,24H,2-4,9-14H2,1H3,(H2,21,22,25). The highest BCUT2D eigenvalue weighted by atomic mass is 16.3. The summed E-state index contributed by atoms with van der Waals surface area (Å²) in [7, 11) is 0. The van der Waals surface area contributed by atoms with Gasteiger partial charge in [-0.1, -0.05) is 13.3 Å². The van der Waals surface area contributed by atoms with E-state index in [1.807, 2.05) is 12.1 Å². The number of aliphatic hydroxyl groups is 1. The summed E-state index contributed by atoms with van der Waals surface area (Å²) in [4.78, 5) is 14.5. The van der Waals surface area contributed by atoms with Crippen LogP contribution < -0.4 is 15.5 Å². The predicted octanol–water partition coefficient (Wildman–Crippen LogP) is 3.60. The number of aliphatic hydroxyl groups excluding tert-OH is 1. The van der Waals surface area contributed by atoms with Crippen molar-refractivity contribution in [3.63, 3.8) is 0 Å². The van der Waals surface area contributed by atoms with Crippen molar-refractivity contribution in [1.29, 1.82) is 0 Å². The Kier molecular flexibility index (Phi) is 6.19. The number of anilines is 2. The van der Waals surface area contributed by atoms with E-state index >= 15 is 0 Å². The number of benzene rings is 1. The van der Waals surface area contributed by atoms with Crippen LogP contribution >= 0.6 is 0 Å². The van der Waals surface area contributed by atoms with E-state index in [0.29, 0.717) is 12.5 Å². The minimum absolute atomic E-state index is 0.167. The van der Waals surface area contributed by atoms with Crippen LogP contribution in [0.2, 0.25) is 0 Å². The minimum Gasteiger partial charge on any atom is -0.393 e. The normalized spacial score (nSPS) is 24.8. The summed E-state index contributed by atoms with van der Waals surface area (Å²) in [5.74, 6) is 1.21. The smallest absolute Gasteiger partial charge is 0.319 e. The summed E-state index contributed by atoms with van der Waals surface area (Å²) in [6, 6.07) is 7.94. The lowest BCUT2D eigenvalue weighted by molar-refractivity contribution is 0.101. The Morgan fingerprint density at radius 3 is 2.56 bits per heavy atom. The molecule has 138 valence electrons. The molecule has 0 spiro atoms. The molecule has 1 aromatic carbocycles. The molecule has 3 rings (SSSR count). The van der Waals surface area contributed by atoms with Crippen molar-refractivity contribution in [3.05, 3.63) is 24.3 Å². The Bertz CT molecular complexity index is 553. The van der Waals surface area contributed by atoms with Crippen LogP contribution in [0.3, 0.4) is 0 Å². The number of rotatable bonds is 4. The highest BCUT2D eigenvalue weighted by Crippen LogP contribution is 2.25. The average Bonchev–Trinajstić information content (AvgIpc) is 2.62. The summed E-state index contributed by atoms with van der Waals surface area (Å²) in [5.41, 5.74) is 2.05. The van der Waals surface area contributed by atoms with Crippen molar-refractivity contribution in [3.8, 4) is 0 Å². The quantitative estimate of drug-likeness (QED) is 0.781. The Morgan fingerprint density at radius 2 is 1.88 bits per heavy atom. The van der Waals surface area contributed by atoms with Gasteiger partial charge in [0.15, 0.2) is 0 Å². The predicted molar refractivity (Wildman–Crippen MR) is 102 cm³/mol. The number of nitrogens with zero attached hydrogens (tertiary/aromatic N) is 1. The van der Waals surface area contributed by atoms with Crippen molar-refractivity contribution in [1.82, 2.24) is 5.32 Å². The molecule has 25 heavy (non-hydrogen) atoms. The third-order valence-electron chi connectivity index (χ3n) is 5.58. The molecule has 5 nitrogen and oxygen atoms in total. The van der Waals surface area contributed by atoms with Crippen molar-refractivity contribution in [2.45, 2.75) is 51.6 Å². The fraction of sp³-hybridized carbons (Fsp3) is 0.650. The Balaban J connectivity index is 1.43. The zero-order valence-electron chi connectivity index (χ0n) is 15.2. The van der Waals surface area contributed by atoms with Crippen LogP contribution in [0.15, 0.2) is 24.3 Å². The molecule has 1 heterocycles. The Morgan fingerprint density at radius 1 is 1.16 bits per heavy atom. The number of hydrogen-bond donors (Lipinski definition) is 3. The van der Waals surface area contributed by atoms with Crippen LogP contribution in [0.4, 0.5) is 16.2 Å². The average molecular weight is 345 g/mol. The summed E-state index contributed by atoms with van der Waals surface area (Å²) in [5, 5.41) is 15.5. The summed E-state index contributed by atoms with van der Waals surface area (Å²) < 4.78 is 0. The molecule has 1 aliphatic heterocycles. The summed E-state index contributed by atoms with van der Waals surface area (Å²) in [6.07, 6.45) is 6.12. The molecule has 0 radical (unpaired) electrons. The zero-order valence-corrected chi connectivity index (χ0v) is 15.2. The number of piperidine rings is 1. The van der Waals surface area contributed by atoms with Gasteiger partial charge in [0.1, 0.15) is 0 Å². The molecular formula is C20H31N3O2. The van der Waals surface area contributed by atoms with E-state index in [1.165, 1.54) is 18.5 Å². The first-order chi connectivity index (χ1) is 12.1. The molecule has 3 N–H and O–H groups in total. The van der Waals surface area contributed by atoms with Gasteiger partial charge in [0.25, 0.3) is 0 Å². The van der Waals surface area contributed by atoms with Gasteiger partial charge in [0.2, 0.25) is 0 Å². The van der Waals surface area contributed by atoms with Crippen LogP contribution in [0, 0.1) is 11.8 Å². The molecule has 1 saturated carbocycles. The van der Waals surface area contributed by atoms with Crippen molar-refractivity contribution >= 4 is 17.4 Å². The van der Waals surface area contributed by atoms with Crippen LogP contribution in [0.25, 0.3) is 0 Å². The van der Waals surface area contributed by atoms with Gasteiger partial charge in [-0.2, -0.15) is 0 Å². The van der Waals surface area contributed by atoms with E-state index in [9.17, 15) is 9.90 Å². The van der Waals surface area contributed by atoms with Gasteiger partial charge in [-0.15, -0.1) is 0 Å². The van der Waals surface area contributed by atoms with Gasteiger partial charge in [0, 0.05) is 31.0 Å². The van der Waals surface area contributed by atoms with E-state index in [4.69, 9.17) is 0 Å². The van der Waals surface area contributed by atoms with E-state index in [1.54, 1.807) is 0 Å². The highest BCUT2D eigenvalue weighted by molar-refractivity contribution is 5.89. The van der Waals surface area contributed by atoms with E-state index in [0.717, 1.165) is 50.4 Å². The maximum atomic E-state index is 12.1. The topological polar surface area (TPSA) is 64.6 Å². The Hall–Kier alpha value is -1.75. The van der Waals surface area contributed by atoms with E-state index in [-0.39, 0.29) is 12.1 Å². The molecule has 1 aromatic rings. The lowest BCUT2D eigenvalue weighted by Crippen LogP contribution is -2.35. The van der Waals surface area contributed by atoms with Gasteiger partial charge in [-0.3, -0.25) is 0 Å². The first-order valence-corrected chi connectivity index (χ1v) is 9.68. The van der Waals surface area contributed by atoms with E-state index < -0.39 is 0 Å². The highest BCUT2D eigenvalue weighted by Gasteiger charge is 2.20. The molecule has 0 aromatic heterocycles. The number of urea groups is 1. The van der Waals surface area contributed by atoms with Gasteiger partial charge < -0.3 is 20.6 Å². The molecule has 2 atom stereocenters. The molecule has 5 heteroatoms. The second-order valence-electron chi connectivity index (χ2n) is 7.74. The SMILES string of the molecule is CC1CCN(c2ccc(NC(=O)NCC3CCCC(O)C3)cc2)CC1. The Labute approximate surface area is 150 Å². The van der Waals surface area contributed by atoms with Crippen LogP contribution in [0.1, 0.15) is 45.4 Å². The maximum absolute atomic E-state index is 12.1. The zero-order chi connectivity index (χ0) is 17.6. The molecule has 2 fully saturated rings. The molecule has 1 aliphatic carbocycles. The van der Waals surface area contributed by atoms with Gasteiger partial charge in [-0.25, -0.2) is 4.79 Å². The summed E-state index contributed by atoms with van der Waals surface area (Å²) in [6.45, 7) is 5.17. The van der Waals surface area contributed by atoms with E-state index in [2.05, 4.69) is 34.6 Å². The van der Waals surface area contributed by atoms with Gasteiger partial charge in [0.05, 0.1) is 6.10 Å². The van der Waals surface area contributed by atoms with Crippen molar-refractivity contribution < 1.29 is 9.90 Å². The largest absolute Gasteiger partial charge is 0.393 e. The number of hydrogen-bond acceptors (Lipinski definition) is 3.